The third-order valence-electron chi connectivity index (χ3n) is 3.94. The number of rotatable bonds is 7. The molecule has 2 N–H and O–H groups in total. The lowest BCUT2D eigenvalue weighted by Crippen LogP contribution is -2.10. The van der Waals surface area contributed by atoms with E-state index in [0.29, 0.717) is 23.0 Å². The molecule has 1 unspecified atom stereocenters. The second-order valence-electron chi connectivity index (χ2n) is 6.36. The van der Waals surface area contributed by atoms with Crippen LogP contribution in [0, 0.1) is 19.7 Å². The quantitative estimate of drug-likeness (QED) is 0.536. The van der Waals surface area contributed by atoms with Crippen molar-refractivity contribution in [1.29, 1.82) is 0 Å². The predicted molar refractivity (Wildman–Crippen MR) is 113 cm³/mol. The Morgan fingerprint density at radius 1 is 1.44 bits per heavy atom. The Morgan fingerprint density at radius 2 is 2.26 bits per heavy atom. The fraction of sp³-hybridized carbons (Fsp3) is 0.316. The standard InChI is InChI=1S/C19H21FN4OS2/c1-11-4-5-14(20)8-16(11)21-12(2)6-15-9-26-18(23-15)10-27-19-22-13(3)7-17(25)24-19/h4-5,7-8,15,21H,2,6,9-10H2,1,3H3,(H,22,24,25). The number of aliphatic imine (C=N–C) groups is 1. The number of benzene rings is 1. The fourth-order valence-electron chi connectivity index (χ4n) is 2.66. The average Bonchev–Trinajstić information content (AvgIpc) is 3.03. The van der Waals surface area contributed by atoms with Gasteiger partial charge in [-0.05, 0) is 31.5 Å². The van der Waals surface area contributed by atoms with Crippen LogP contribution in [0.25, 0.3) is 0 Å². The number of thioether (sulfide) groups is 2. The molecule has 0 spiro atoms. The lowest BCUT2D eigenvalue weighted by atomic mass is 10.1. The van der Waals surface area contributed by atoms with Gasteiger partial charge in [-0.1, -0.05) is 24.4 Å². The maximum absolute atomic E-state index is 13.4. The lowest BCUT2D eigenvalue weighted by molar-refractivity contribution is 0.628. The van der Waals surface area contributed by atoms with E-state index >= 15 is 0 Å². The molecule has 0 bridgehead atoms. The van der Waals surface area contributed by atoms with Crippen LogP contribution in [0.15, 0.2) is 51.5 Å². The smallest absolute Gasteiger partial charge is 0.251 e. The Bertz CT molecular complexity index is 942. The highest BCUT2D eigenvalue weighted by Gasteiger charge is 2.19. The molecule has 0 saturated carbocycles. The molecule has 1 aromatic heterocycles. The van der Waals surface area contributed by atoms with Crippen LogP contribution in [-0.2, 0) is 0 Å². The van der Waals surface area contributed by atoms with Crippen molar-refractivity contribution in [2.75, 3.05) is 16.8 Å². The Morgan fingerprint density at radius 3 is 3.04 bits per heavy atom. The summed E-state index contributed by atoms with van der Waals surface area (Å²) in [6.07, 6.45) is 0.691. The van der Waals surface area contributed by atoms with E-state index in [4.69, 9.17) is 4.99 Å². The van der Waals surface area contributed by atoms with Crippen molar-refractivity contribution in [3.05, 3.63) is 64.0 Å². The molecule has 0 saturated heterocycles. The maximum Gasteiger partial charge on any atom is 0.251 e. The third-order valence-corrected chi connectivity index (χ3v) is 6.14. The van der Waals surface area contributed by atoms with Gasteiger partial charge >= 0.3 is 0 Å². The highest BCUT2D eigenvalue weighted by Crippen LogP contribution is 2.27. The van der Waals surface area contributed by atoms with Crippen LogP contribution < -0.4 is 10.9 Å². The molecule has 1 aliphatic heterocycles. The summed E-state index contributed by atoms with van der Waals surface area (Å²) in [4.78, 5) is 23.3. The molecule has 0 aliphatic carbocycles. The van der Waals surface area contributed by atoms with Crippen molar-refractivity contribution in [3.63, 3.8) is 0 Å². The Hall–Kier alpha value is -2.06. The molecule has 27 heavy (non-hydrogen) atoms. The number of nitrogens with one attached hydrogen (secondary N) is 2. The normalized spacial score (nSPS) is 16.3. The Labute approximate surface area is 166 Å². The van der Waals surface area contributed by atoms with Crippen molar-refractivity contribution in [2.24, 2.45) is 4.99 Å². The first-order valence-electron chi connectivity index (χ1n) is 8.50. The van der Waals surface area contributed by atoms with E-state index in [-0.39, 0.29) is 17.4 Å². The predicted octanol–water partition coefficient (Wildman–Crippen LogP) is 4.15. The molecule has 3 rings (SSSR count). The van der Waals surface area contributed by atoms with Gasteiger partial charge in [-0.3, -0.25) is 9.79 Å². The van der Waals surface area contributed by atoms with Gasteiger partial charge in [-0.15, -0.1) is 11.8 Å². The Kier molecular flexibility index (Phi) is 6.38. The van der Waals surface area contributed by atoms with Crippen molar-refractivity contribution in [1.82, 2.24) is 9.97 Å². The maximum atomic E-state index is 13.4. The van der Waals surface area contributed by atoms with E-state index in [1.165, 1.54) is 30.0 Å². The van der Waals surface area contributed by atoms with Gasteiger partial charge in [0, 0.05) is 41.1 Å². The van der Waals surface area contributed by atoms with Crippen molar-refractivity contribution in [2.45, 2.75) is 31.5 Å². The van der Waals surface area contributed by atoms with Crippen LogP contribution in [0.2, 0.25) is 0 Å². The van der Waals surface area contributed by atoms with Crippen molar-refractivity contribution in [3.8, 4) is 0 Å². The first-order chi connectivity index (χ1) is 12.9. The number of halogens is 1. The molecule has 1 atom stereocenters. The summed E-state index contributed by atoms with van der Waals surface area (Å²) in [7, 11) is 0. The number of aromatic amines is 1. The van der Waals surface area contributed by atoms with Crippen LogP contribution in [0.3, 0.4) is 0 Å². The fourth-order valence-corrected chi connectivity index (χ4v) is 4.69. The van der Waals surface area contributed by atoms with Crippen LogP contribution in [-0.4, -0.2) is 32.6 Å². The zero-order valence-electron chi connectivity index (χ0n) is 15.2. The topological polar surface area (TPSA) is 70.1 Å². The molecule has 142 valence electrons. The minimum absolute atomic E-state index is 0.140. The number of aryl methyl sites for hydroxylation is 2. The summed E-state index contributed by atoms with van der Waals surface area (Å²) in [6, 6.07) is 6.28. The number of anilines is 1. The van der Waals surface area contributed by atoms with Crippen LogP contribution in [0.5, 0.6) is 0 Å². The first kappa shape index (κ1) is 19.7. The Balaban J connectivity index is 1.53. The second kappa shape index (κ2) is 8.75. The van der Waals surface area contributed by atoms with Crippen molar-refractivity contribution >= 4 is 34.3 Å². The van der Waals surface area contributed by atoms with Gasteiger partial charge in [0.1, 0.15) is 5.82 Å². The van der Waals surface area contributed by atoms with Gasteiger partial charge in [-0.2, -0.15) is 0 Å². The molecule has 1 aromatic carbocycles. The monoisotopic (exact) mass is 404 g/mol. The molecular weight excluding hydrogens is 383 g/mol. The molecular formula is C19H21FN4OS2. The van der Waals surface area contributed by atoms with Crippen LogP contribution >= 0.6 is 23.5 Å². The largest absolute Gasteiger partial charge is 0.359 e. The molecule has 2 heterocycles. The van der Waals surface area contributed by atoms with Gasteiger partial charge in [0.25, 0.3) is 5.56 Å². The van der Waals surface area contributed by atoms with Crippen LogP contribution in [0.1, 0.15) is 17.7 Å². The zero-order chi connectivity index (χ0) is 19.4. The highest BCUT2D eigenvalue weighted by molar-refractivity contribution is 8.16. The van der Waals surface area contributed by atoms with Gasteiger partial charge < -0.3 is 10.3 Å². The number of H-pyrrole nitrogens is 1. The minimum atomic E-state index is -0.271. The SMILES string of the molecule is C=C(CC1CSC(CSc2nc(C)cc(=O)[nH]2)=N1)Nc1cc(F)ccc1C. The number of aromatic nitrogens is 2. The zero-order valence-corrected chi connectivity index (χ0v) is 16.8. The number of hydrogen-bond donors (Lipinski definition) is 2. The summed E-state index contributed by atoms with van der Waals surface area (Å²) in [5.41, 5.74) is 3.09. The molecule has 2 aromatic rings. The molecule has 0 radical (unpaired) electrons. The van der Waals surface area contributed by atoms with Crippen LogP contribution in [0.4, 0.5) is 10.1 Å². The van der Waals surface area contributed by atoms with Gasteiger partial charge in [-0.25, -0.2) is 9.37 Å². The summed E-state index contributed by atoms with van der Waals surface area (Å²) >= 11 is 3.19. The van der Waals surface area contributed by atoms with E-state index in [9.17, 15) is 9.18 Å². The van der Waals surface area contributed by atoms with E-state index in [1.807, 2.05) is 6.92 Å². The molecule has 8 heteroatoms. The van der Waals surface area contributed by atoms with E-state index in [2.05, 4.69) is 21.9 Å². The second-order valence-corrected chi connectivity index (χ2v) is 8.42. The third kappa shape index (κ3) is 5.71. The molecule has 1 aliphatic rings. The molecule has 5 nitrogen and oxygen atoms in total. The first-order valence-corrected chi connectivity index (χ1v) is 10.5. The summed E-state index contributed by atoms with van der Waals surface area (Å²) in [6.45, 7) is 7.79. The summed E-state index contributed by atoms with van der Waals surface area (Å²) < 4.78 is 13.4. The lowest BCUT2D eigenvalue weighted by Gasteiger charge is -2.14. The van der Waals surface area contributed by atoms with Gasteiger partial charge in [0.2, 0.25) is 0 Å². The minimum Gasteiger partial charge on any atom is -0.359 e. The average molecular weight is 405 g/mol. The molecule has 0 amide bonds. The van der Waals surface area contributed by atoms with E-state index in [1.54, 1.807) is 24.8 Å². The summed E-state index contributed by atoms with van der Waals surface area (Å²) in [5, 5.41) is 4.84. The molecule has 0 fully saturated rings. The summed E-state index contributed by atoms with van der Waals surface area (Å²) in [5.74, 6) is 1.29. The van der Waals surface area contributed by atoms with E-state index < -0.39 is 0 Å². The number of hydrogen-bond acceptors (Lipinski definition) is 6. The van der Waals surface area contributed by atoms with E-state index in [0.717, 1.165) is 27.7 Å². The van der Waals surface area contributed by atoms with Gasteiger partial charge in [0.05, 0.1) is 11.1 Å². The highest BCUT2D eigenvalue weighted by atomic mass is 32.2. The van der Waals surface area contributed by atoms with Crippen molar-refractivity contribution < 1.29 is 4.39 Å². The number of nitrogens with zero attached hydrogens (tertiary/aromatic N) is 2. The van der Waals surface area contributed by atoms with Gasteiger partial charge in [0.15, 0.2) is 5.16 Å².